The van der Waals surface area contributed by atoms with Crippen LogP contribution in [0.4, 0.5) is 21.0 Å². The fourth-order valence-corrected chi connectivity index (χ4v) is 4.36. The van der Waals surface area contributed by atoms with E-state index in [0.29, 0.717) is 11.4 Å². The van der Waals surface area contributed by atoms with Crippen molar-refractivity contribution in [2.45, 2.75) is 51.3 Å². The maximum Gasteiger partial charge on any atom is 0.319 e. The summed E-state index contributed by atoms with van der Waals surface area (Å²) < 4.78 is 57.5. The maximum absolute atomic E-state index is 12.3. The molecular weight excluding hydrogens is 584 g/mol. The van der Waals surface area contributed by atoms with Gasteiger partial charge in [0.25, 0.3) is 0 Å². The molecule has 0 radical (unpaired) electrons. The van der Waals surface area contributed by atoms with Gasteiger partial charge in [0.15, 0.2) is 0 Å². The Hall–Kier alpha value is -4.30. The summed E-state index contributed by atoms with van der Waals surface area (Å²) in [6.45, 7) is 6.52. The van der Waals surface area contributed by atoms with Crippen molar-refractivity contribution in [3.05, 3.63) is 83.9 Å². The number of benzene rings is 3. The summed E-state index contributed by atoms with van der Waals surface area (Å²) in [7, 11) is -7.42. The lowest BCUT2D eigenvalue weighted by molar-refractivity contribution is 0.251. The Morgan fingerprint density at radius 1 is 0.619 bits per heavy atom. The van der Waals surface area contributed by atoms with Crippen LogP contribution in [0.15, 0.2) is 72.8 Å². The number of carbonyl (C=O) groups excluding carboxylic acids is 2. The number of anilines is 2. The Kier molecular flexibility index (Phi) is 10.8. The molecular formula is C28H34N4O8S2. The average Bonchev–Trinajstić information content (AvgIpc) is 2.93. The Balaban J connectivity index is 1.44. The Bertz CT molecular complexity index is 1470. The second-order valence-electron chi connectivity index (χ2n) is 9.73. The summed E-state index contributed by atoms with van der Waals surface area (Å²) in [5.41, 5.74) is 2.51. The van der Waals surface area contributed by atoms with Gasteiger partial charge in [0.2, 0.25) is 0 Å². The van der Waals surface area contributed by atoms with Gasteiger partial charge in [-0.3, -0.25) is 0 Å². The molecule has 0 spiro atoms. The zero-order valence-corrected chi connectivity index (χ0v) is 25.2. The summed E-state index contributed by atoms with van der Waals surface area (Å²) in [4.78, 5) is 24.7. The van der Waals surface area contributed by atoms with E-state index in [1.54, 1.807) is 6.07 Å². The molecule has 0 fully saturated rings. The van der Waals surface area contributed by atoms with Crippen molar-refractivity contribution in [1.29, 1.82) is 0 Å². The Labute approximate surface area is 246 Å². The minimum atomic E-state index is -3.71. The first kappa shape index (κ1) is 32.2. The molecule has 0 bridgehead atoms. The summed E-state index contributed by atoms with van der Waals surface area (Å²) in [6, 6.07) is 18.3. The number of amides is 4. The highest BCUT2D eigenvalue weighted by molar-refractivity contribution is 7.87. The minimum absolute atomic E-state index is 0.149. The van der Waals surface area contributed by atoms with Gasteiger partial charge in [-0.15, -0.1) is 0 Å². The molecule has 42 heavy (non-hydrogen) atoms. The fraction of sp³-hybridized carbons (Fsp3) is 0.286. The molecule has 0 unspecified atom stereocenters. The SMILES string of the molecule is CC(C)S(=O)(=O)Oc1ccc(NC(=O)NCc2cccc(CNC(=O)Nc3ccc(OS(=O)(=O)C(C)C)cc3)c2)cc1. The highest BCUT2D eigenvalue weighted by atomic mass is 32.2. The first-order valence-electron chi connectivity index (χ1n) is 13.0. The predicted molar refractivity (Wildman–Crippen MR) is 160 cm³/mol. The van der Waals surface area contributed by atoms with E-state index < -0.39 is 42.8 Å². The molecule has 12 nitrogen and oxygen atoms in total. The van der Waals surface area contributed by atoms with E-state index in [1.807, 2.05) is 18.2 Å². The second kappa shape index (κ2) is 14.0. The quantitative estimate of drug-likeness (QED) is 0.214. The van der Waals surface area contributed by atoms with Crippen molar-refractivity contribution < 1.29 is 34.8 Å². The van der Waals surface area contributed by atoms with Gasteiger partial charge in [-0.1, -0.05) is 24.3 Å². The number of carbonyl (C=O) groups is 2. The highest BCUT2D eigenvalue weighted by Gasteiger charge is 2.19. The van der Waals surface area contributed by atoms with Crippen LogP contribution in [0.25, 0.3) is 0 Å². The number of hydrogen-bond donors (Lipinski definition) is 4. The van der Waals surface area contributed by atoms with Gasteiger partial charge >= 0.3 is 32.3 Å². The van der Waals surface area contributed by atoms with Gasteiger partial charge in [-0.25, -0.2) is 9.59 Å². The van der Waals surface area contributed by atoms with Gasteiger partial charge in [-0.2, -0.15) is 16.8 Å². The van der Waals surface area contributed by atoms with Crippen molar-refractivity contribution >= 4 is 43.7 Å². The van der Waals surface area contributed by atoms with E-state index >= 15 is 0 Å². The number of nitrogens with one attached hydrogen (secondary N) is 4. The van der Waals surface area contributed by atoms with Crippen molar-refractivity contribution in [2.24, 2.45) is 0 Å². The van der Waals surface area contributed by atoms with Crippen LogP contribution in [0.1, 0.15) is 38.8 Å². The van der Waals surface area contributed by atoms with E-state index in [4.69, 9.17) is 8.37 Å². The first-order valence-corrected chi connectivity index (χ1v) is 15.9. The topological polar surface area (TPSA) is 169 Å². The third-order valence-electron chi connectivity index (χ3n) is 5.70. The average molecular weight is 619 g/mol. The number of urea groups is 2. The molecule has 3 rings (SSSR count). The molecule has 4 amide bonds. The van der Waals surface area contributed by atoms with Crippen molar-refractivity contribution in [1.82, 2.24) is 10.6 Å². The molecule has 3 aromatic rings. The van der Waals surface area contributed by atoms with Crippen LogP contribution in [0.3, 0.4) is 0 Å². The highest BCUT2D eigenvalue weighted by Crippen LogP contribution is 2.20. The smallest absolute Gasteiger partial charge is 0.319 e. The van der Waals surface area contributed by atoms with Crippen LogP contribution >= 0.6 is 0 Å². The zero-order chi connectivity index (χ0) is 30.9. The van der Waals surface area contributed by atoms with E-state index in [9.17, 15) is 26.4 Å². The summed E-state index contributed by atoms with van der Waals surface area (Å²) in [5.74, 6) is 0.298. The molecule has 14 heteroatoms. The molecule has 0 atom stereocenters. The van der Waals surface area contributed by atoms with Gasteiger partial charge in [0, 0.05) is 24.5 Å². The van der Waals surface area contributed by atoms with Gasteiger partial charge in [0.1, 0.15) is 11.5 Å². The van der Waals surface area contributed by atoms with Gasteiger partial charge < -0.3 is 29.6 Å². The zero-order valence-electron chi connectivity index (χ0n) is 23.6. The minimum Gasteiger partial charge on any atom is -0.382 e. The molecule has 0 aromatic heterocycles. The molecule has 0 aliphatic heterocycles. The first-order chi connectivity index (χ1) is 19.7. The van der Waals surface area contributed by atoms with E-state index in [-0.39, 0.29) is 24.6 Å². The van der Waals surface area contributed by atoms with E-state index in [2.05, 4.69) is 21.3 Å². The molecule has 0 aliphatic carbocycles. The lowest BCUT2D eigenvalue weighted by Gasteiger charge is -2.12. The monoisotopic (exact) mass is 618 g/mol. The lowest BCUT2D eigenvalue weighted by Crippen LogP contribution is -2.29. The molecule has 0 aliphatic rings. The van der Waals surface area contributed by atoms with E-state index in [1.165, 1.54) is 76.2 Å². The van der Waals surface area contributed by atoms with Crippen LogP contribution in [0.5, 0.6) is 11.5 Å². The number of rotatable bonds is 12. The van der Waals surface area contributed by atoms with Crippen LogP contribution in [0, 0.1) is 0 Å². The largest absolute Gasteiger partial charge is 0.382 e. The normalized spacial score (nSPS) is 11.6. The number of hydrogen-bond acceptors (Lipinski definition) is 8. The maximum atomic E-state index is 12.3. The molecule has 0 heterocycles. The standard InChI is InChI=1S/C28H34N4O8S2/c1-19(2)41(35,36)39-25-12-8-23(9-13-25)31-27(33)29-17-21-6-5-7-22(16-21)18-30-28(34)32-24-10-14-26(15-11-24)40-42(37,38)20(3)4/h5-16,19-20H,17-18H2,1-4H3,(H2,29,31,33)(H2,30,32,34). The van der Waals surface area contributed by atoms with Gasteiger partial charge in [-0.05, 0) is 87.4 Å². The van der Waals surface area contributed by atoms with E-state index in [0.717, 1.165) is 11.1 Å². The summed E-state index contributed by atoms with van der Waals surface area (Å²) >= 11 is 0. The van der Waals surface area contributed by atoms with Crippen LogP contribution in [-0.2, 0) is 33.3 Å². The van der Waals surface area contributed by atoms with Crippen LogP contribution in [-0.4, -0.2) is 39.4 Å². The summed E-state index contributed by atoms with van der Waals surface area (Å²) in [6.07, 6.45) is 0. The van der Waals surface area contributed by atoms with Gasteiger partial charge in [0.05, 0.1) is 10.5 Å². The molecule has 0 saturated carbocycles. The van der Waals surface area contributed by atoms with Crippen LogP contribution in [0.2, 0.25) is 0 Å². The Morgan fingerprint density at radius 3 is 1.31 bits per heavy atom. The van der Waals surface area contributed by atoms with Crippen molar-refractivity contribution in [3.63, 3.8) is 0 Å². The van der Waals surface area contributed by atoms with Crippen LogP contribution < -0.4 is 29.6 Å². The third kappa shape index (κ3) is 9.96. The fourth-order valence-electron chi connectivity index (χ4n) is 3.21. The molecule has 3 aromatic carbocycles. The summed E-state index contributed by atoms with van der Waals surface area (Å²) in [5, 5.41) is 9.44. The Morgan fingerprint density at radius 2 is 0.976 bits per heavy atom. The molecule has 4 N–H and O–H groups in total. The predicted octanol–water partition coefficient (Wildman–Crippen LogP) is 4.56. The van der Waals surface area contributed by atoms with Crippen molar-refractivity contribution in [3.8, 4) is 11.5 Å². The third-order valence-corrected chi connectivity index (χ3v) is 8.86. The molecule has 0 saturated heterocycles. The second-order valence-corrected chi connectivity index (χ2v) is 13.9. The lowest BCUT2D eigenvalue weighted by atomic mass is 10.1. The molecule has 226 valence electrons. The van der Waals surface area contributed by atoms with Crippen molar-refractivity contribution in [2.75, 3.05) is 10.6 Å².